The molecule has 1 aromatic carbocycles. The van der Waals surface area contributed by atoms with E-state index in [1.54, 1.807) is 0 Å². The van der Waals surface area contributed by atoms with E-state index < -0.39 is 0 Å². The molecule has 0 bridgehead atoms. The predicted molar refractivity (Wildman–Crippen MR) is 85.3 cm³/mol. The minimum absolute atomic E-state index is 0.329. The maximum atomic E-state index is 5.81. The topological polar surface area (TPSA) is 21.3 Å². The van der Waals surface area contributed by atoms with Gasteiger partial charge in [0.15, 0.2) is 0 Å². The molecule has 3 unspecified atom stereocenters. The van der Waals surface area contributed by atoms with Crippen LogP contribution >= 0.6 is 0 Å². The van der Waals surface area contributed by atoms with Crippen LogP contribution in [0.5, 0.6) is 5.75 Å². The van der Waals surface area contributed by atoms with Crippen LogP contribution in [0.3, 0.4) is 0 Å². The Hall–Kier alpha value is -1.02. The zero-order valence-electron chi connectivity index (χ0n) is 13.4. The van der Waals surface area contributed by atoms with Crippen LogP contribution in [0.15, 0.2) is 18.2 Å². The number of hydrogen-bond donors (Lipinski definition) is 1. The van der Waals surface area contributed by atoms with Crippen molar-refractivity contribution in [2.45, 2.75) is 65.0 Å². The predicted octanol–water partition coefficient (Wildman–Crippen LogP) is 4.49. The summed E-state index contributed by atoms with van der Waals surface area (Å²) in [6.07, 6.45) is 6.52. The summed E-state index contributed by atoms with van der Waals surface area (Å²) in [5.41, 5.74) is 2.80. The molecule has 1 aliphatic rings. The fraction of sp³-hybridized carbons (Fsp3) is 0.667. The lowest BCUT2D eigenvalue weighted by Gasteiger charge is -2.27. The van der Waals surface area contributed by atoms with Crippen LogP contribution in [0.25, 0.3) is 0 Å². The maximum Gasteiger partial charge on any atom is 0.123 e. The smallest absolute Gasteiger partial charge is 0.123 e. The van der Waals surface area contributed by atoms with Gasteiger partial charge in [-0.2, -0.15) is 0 Å². The highest BCUT2D eigenvalue weighted by Crippen LogP contribution is 2.34. The molecular formula is C18H29NO. The summed E-state index contributed by atoms with van der Waals surface area (Å²) in [7, 11) is 2.09. The number of rotatable bonds is 7. The van der Waals surface area contributed by atoms with Crippen molar-refractivity contribution < 1.29 is 4.74 Å². The summed E-state index contributed by atoms with van der Waals surface area (Å²) in [6.45, 7) is 6.73. The van der Waals surface area contributed by atoms with E-state index in [9.17, 15) is 0 Å². The molecule has 2 nitrogen and oxygen atoms in total. The minimum Gasteiger partial charge on any atom is -0.490 e. The van der Waals surface area contributed by atoms with E-state index >= 15 is 0 Å². The summed E-state index contributed by atoms with van der Waals surface area (Å²) in [6, 6.07) is 7.22. The van der Waals surface area contributed by atoms with Crippen LogP contribution < -0.4 is 10.1 Å². The average Bonchev–Trinajstić information content (AvgIpc) is 2.82. The van der Waals surface area contributed by atoms with Crippen LogP contribution in [0.1, 0.15) is 63.6 Å². The number of ether oxygens (including phenoxy) is 1. The Labute approximate surface area is 123 Å². The Morgan fingerprint density at radius 3 is 2.80 bits per heavy atom. The molecule has 0 amide bonds. The summed E-state index contributed by atoms with van der Waals surface area (Å²) in [5, 5.41) is 3.54. The first kappa shape index (κ1) is 15.4. The maximum absolute atomic E-state index is 5.81. The van der Waals surface area contributed by atoms with Crippen molar-refractivity contribution in [1.82, 2.24) is 5.32 Å². The van der Waals surface area contributed by atoms with Gasteiger partial charge in [-0.05, 0) is 43.5 Å². The normalized spacial score (nSPS) is 20.3. The second kappa shape index (κ2) is 7.12. The number of hydrogen-bond acceptors (Lipinski definition) is 2. The molecule has 2 heteroatoms. The third-order valence-electron chi connectivity index (χ3n) is 4.51. The molecule has 0 saturated carbocycles. The lowest BCUT2D eigenvalue weighted by atomic mass is 9.86. The number of unbranched alkanes of at least 4 members (excludes halogenated alkanes) is 1. The van der Waals surface area contributed by atoms with Gasteiger partial charge in [-0.15, -0.1) is 0 Å². The first-order valence-electron chi connectivity index (χ1n) is 8.16. The third kappa shape index (κ3) is 3.35. The van der Waals surface area contributed by atoms with Crippen molar-refractivity contribution in [2.24, 2.45) is 5.92 Å². The lowest BCUT2D eigenvalue weighted by Crippen LogP contribution is -2.25. The van der Waals surface area contributed by atoms with Gasteiger partial charge in [0.25, 0.3) is 0 Å². The standard InChI is InChI=1S/C18H29NO/c1-5-7-8-14(6-2)18(19-4)15-9-10-17-16(12-15)11-13(3)20-17/h9-10,12-14,18-19H,5-8,11H2,1-4H3. The van der Waals surface area contributed by atoms with E-state index in [2.05, 4.69) is 51.3 Å². The first-order chi connectivity index (χ1) is 9.69. The second-order valence-electron chi connectivity index (χ2n) is 6.08. The zero-order chi connectivity index (χ0) is 14.5. The first-order valence-corrected chi connectivity index (χ1v) is 8.16. The molecule has 0 fully saturated rings. The fourth-order valence-electron chi connectivity index (χ4n) is 3.38. The van der Waals surface area contributed by atoms with Gasteiger partial charge < -0.3 is 10.1 Å². The van der Waals surface area contributed by atoms with Crippen LogP contribution in [0.2, 0.25) is 0 Å². The van der Waals surface area contributed by atoms with Crippen LogP contribution in [-0.2, 0) is 6.42 Å². The van der Waals surface area contributed by atoms with Gasteiger partial charge in [0.05, 0.1) is 0 Å². The molecule has 0 spiro atoms. The molecule has 0 saturated heterocycles. The molecule has 1 heterocycles. The zero-order valence-corrected chi connectivity index (χ0v) is 13.4. The number of benzene rings is 1. The van der Waals surface area contributed by atoms with Crippen molar-refractivity contribution in [3.05, 3.63) is 29.3 Å². The van der Waals surface area contributed by atoms with E-state index in [0.717, 1.165) is 18.1 Å². The molecule has 2 rings (SSSR count). The molecular weight excluding hydrogens is 246 g/mol. The van der Waals surface area contributed by atoms with Gasteiger partial charge in [-0.25, -0.2) is 0 Å². The Morgan fingerprint density at radius 2 is 2.15 bits per heavy atom. The van der Waals surface area contributed by atoms with Crippen molar-refractivity contribution in [1.29, 1.82) is 0 Å². The van der Waals surface area contributed by atoms with Crippen LogP contribution in [-0.4, -0.2) is 13.2 Å². The molecule has 0 aliphatic carbocycles. The largest absolute Gasteiger partial charge is 0.490 e. The molecule has 20 heavy (non-hydrogen) atoms. The van der Waals surface area contributed by atoms with E-state index in [4.69, 9.17) is 4.74 Å². The summed E-state index contributed by atoms with van der Waals surface area (Å²) < 4.78 is 5.81. The fourth-order valence-corrected chi connectivity index (χ4v) is 3.38. The van der Waals surface area contributed by atoms with Gasteiger partial charge in [0, 0.05) is 12.5 Å². The number of fused-ring (bicyclic) bond motifs is 1. The Kier molecular flexibility index (Phi) is 5.47. The van der Waals surface area contributed by atoms with E-state index in [-0.39, 0.29) is 0 Å². The van der Waals surface area contributed by atoms with E-state index in [0.29, 0.717) is 12.1 Å². The highest BCUT2D eigenvalue weighted by atomic mass is 16.5. The SMILES string of the molecule is CCCCC(CC)C(NC)c1ccc2c(c1)CC(C)O2. The molecule has 3 atom stereocenters. The summed E-state index contributed by atoms with van der Waals surface area (Å²) in [5.74, 6) is 1.80. The van der Waals surface area contributed by atoms with Crippen molar-refractivity contribution in [3.63, 3.8) is 0 Å². The van der Waals surface area contributed by atoms with Crippen molar-refractivity contribution >= 4 is 0 Å². The highest BCUT2D eigenvalue weighted by molar-refractivity contribution is 5.41. The molecule has 0 aromatic heterocycles. The van der Waals surface area contributed by atoms with Gasteiger partial charge >= 0.3 is 0 Å². The third-order valence-corrected chi connectivity index (χ3v) is 4.51. The average molecular weight is 275 g/mol. The minimum atomic E-state index is 0.329. The van der Waals surface area contributed by atoms with Gasteiger partial charge in [-0.1, -0.05) is 45.2 Å². The lowest BCUT2D eigenvalue weighted by molar-refractivity contribution is 0.254. The summed E-state index contributed by atoms with van der Waals surface area (Å²) in [4.78, 5) is 0. The molecule has 112 valence electrons. The molecule has 1 aromatic rings. The highest BCUT2D eigenvalue weighted by Gasteiger charge is 2.24. The molecule has 0 radical (unpaired) electrons. The quantitative estimate of drug-likeness (QED) is 0.792. The van der Waals surface area contributed by atoms with Crippen molar-refractivity contribution in [2.75, 3.05) is 7.05 Å². The van der Waals surface area contributed by atoms with Gasteiger partial charge in [0.2, 0.25) is 0 Å². The van der Waals surface area contributed by atoms with E-state index in [1.165, 1.54) is 36.8 Å². The summed E-state index contributed by atoms with van der Waals surface area (Å²) >= 11 is 0. The second-order valence-corrected chi connectivity index (χ2v) is 6.08. The Morgan fingerprint density at radius 1 is 1.35 bits per heavy atom. The molecule has 1 aliphatic heterocycles. The van der Waals surface area contributed by atoms with E-state index in [1.807, 2.05) is 0 Å². The Bertz CT molecular complexity index is 429. The molecule has 1 N–H and O–H groups in total. The van der Waals surface area contributed by atoms with Gasteiger partial charge in [-0.3, -0.25) is 0 Å². The van der Waals surface area contributed by atoms with Gasteiger partial charge in [0.1, 0.15) is 11.9 Å². The number of nitrogens with one attached hydrogen (secondary N) is 1. The van der Waals surface area contributed by atoms with Crippen LogP contribution in [0, 0.1) is 5.92 Å². The monoisotopic (exact) mass is 275 g/mol. The Balaban J connectivity index is 2.17. The van der Waals surface area contributed by atoms with Crippen LogP contribution in [0.4, 0.5) is 0 Å². The van der Waals surface area contributed by atoms with Crippen molar-refractivity contribution in [3.8, 4) is 5.75 Å².